The Balaban J connectivity index is 2.10. The van der Waals surface area contributed by atoms with Gasteiger partial charge in [-0.25, -0.2) is 0 Å². The fourth-order valence-electron chi connectivity index (χ4n) is 2.12. The summed E-state index contributed by atoms with van der Waals surface area (Å²) in [6.45, 7) is 1.91. The monoisotopic (exact) mass is 336 g/mol. The van der Waals surface area contributed by atoms with Crippen LogP contribution in [0.4, 0.5) is 0 Å². The van der Waals surface area contributed by atoms with Crippen LogP contribution in [0.15, 0.2) is 34.9 Å². The minimum Gasteiger partial charge on any atom is -0.469 e. The van der Waals surface area contributed by atoms with Crippen molar-refractivity contribution in [2.75, 3.05) is 20.7 Å². The number of hydrogen-bond acceptors (Lipinski definition) is 5. The average Bonchev–Trinajstić information content (AvgIpc) is 3.03. The molecule has 7 heteroatoms. The molecule has 6 nitrogen and oxygen atoms in total. The summed E-state index contributed by atoms with van der Waals surface area (Å²) in [6, 6.07) is 8.64. The summed E-state index contributed by atoms with van der Waals surface area (Å²) < 4.78 is 9.76. The number of carbonyl (C=O) groups excluding carboxylic acids is 2. The van der Waals surface area contributed by atoms with Crippen molar-refractivity contribution < 1.29 is 18.8 Å². The summed E-state index contributed by atoms with van der Waals surface area (Å²) in [5.41, 5.74) is 1.27. The highest BCUT2D eigenvalue weighted by Gasteiger charge is 2.22. The molecule has 0 aliphatic rings. The number of halogens is 1. The van der Waals surface area contributed by atoms with Gasteiger partial charge in [-0.1, -0.05) is 35.8 Å². The smallest absolute Gasteiger partial charge is 0.310 e. The van der Waals surface area contributed by atoms with E-state index in [0.717, 1.165) is 5.56 Å². The molecule has 2 rings (SSSR count). The maximum atomic E-state index is 12.3. The Morgan fingerprint density at radius 1 is 1.39 bits per heavy atom. The molecule has 0 fully saturated rings. The average molecular weight is 337 g/mol. The van der Waals surface area contributed by atoms with E-state index in [0.29, 0.717) is 10.7 Å². The fraction of sp³-hybridized carbons (Fsp3) is 0.312. The molecule has 1 heterocycles. The molecule has 0 saturated heterocycles. The second-order valence-corrected chi connectivity index (χ2v) is 5.63. The highest BCUT2D eigenvalue weighted by atomic mass is 35.5. The molecule has 2 aromatic rings. The topological polar surface area (TPSA) is 72.6 Å². The summed E-state index contributed by atoms with van der Waals surface area (Å²) in [5.74, 6) is -1.06. The number of ether oxygens (including phenoxy) is 1. The zero-order valence-corrected chi connectivity index (χ0v) is 13.8. The van der Waals surface area contributed by atoms with E-state index in [9.17, 15) is 9.59 Å². The molecule has 23 heavy (non-hydrogen) atoms. The molecule has 0 aliphatic heterocycles. The first-order valence-corrected chi connectivity index (χ1v) is 7.36. The Bertz CT molecular complexity index is 714. The van der Waals surface area contributed by atoms with Crippen LogP contribution in [0.25, 0.3) is 11.3 Å². The van der Waals surface area contributed by atoms with Crippen LogP contribution in [0.2, 0.25) is 5.02 Å². The van der Waals surface area contributed by atoms with Crippen LogP contribution in [0.3, 0.4) is 0 Å². The van der Waals surface area contributed by atoms with E-state index in [2.05, 4.69) is 9.89 Å². The van der Waals surface area contributed by atoms with E-state index < -0.39 is 5.92 Å². The number of methoxy groups -OCH3 is 1. The Labute approximate surface area is 139 Å². The van der Waals surface area contributed by atoms with Gasteiger partial charge < -0.3 is 14.2 Å². The lowest BCUT2D eigenvalue weighted by Gasteiger charge is -2.18. The van der Waals surface area contributed by atoms with E-state index >= 15 is 0 Å². The third-order valence-electron chi connectivity index (χ3n) is 3.34. The maximum Gasteiger partial charge on any atom is 0.310 e. The number of esters is 1. The molecule has 122 valence electrons. The number of nitrogens with zero attached hydrogens (tertiary/aromatic N) is 2. The van der Waals surface area contributed by atoms with E-state index in [1.165, 1.54) is 12.0 Å². The van der Waals surface area contributed by atoms with Gasteiger partial charge in [-0.2, -0.15) is 0 Å². The largest absolute Gasteiger partial charge is 0.469 e. The lowest BCUT2D eigenvalue weighted by atomic mass is 10.1. The van der Waals surface area contributed by atoms with Crippen LogP contribution in [-0.4, -0.2) is 42.6 Å². The molecule has 1 aromatic carbocycles. The number of hydrogen-bond donors (Lipinski definition) is 0. The van der Waals surface area contributed by atoms with Crippen LogP contribution < -0.4 is 0 Å². The van der Waals surface area contributed by atoms with Gasteiger partial charge in [0.1, 0.15) is 5.69 Å². The van der Waals surface area contributed by atoms with Gasteiger partial charge in [0, 0.05) is 30.2 Å². The molecule has 0 saturated carbocycles. The molecule has 1 amide bonds. The molecule has 0 unspecified atom stereocenters. The second kappa shape index (κ2) is 7.28. The SMILES string of the molecule is COC(=O)[C@H](C)CN(C)C(=O)c1cc(-c2cccc(Cl)c2)no1. The molecule has 1 aromatic heterocycles. The van der Waals surface area contributed by atoms with Crippen molar-refractivity contribution in [3.05, 3.63) is 41.1 Å². The second-order valence-electron chi connectivity index (χ2n) is 5.20. The van der Waals surface area contributed by atoms with Crippen molar-refractivity contribution in [2.24, 2.45) is 5.92 Å². The summed E-state index contributed by atoms with van der Waals surface area (Å²) in [4.78, 5) is 25.1. The van der Waals surface area contributed by atoms with Gasteiger partial charge >= 0.3 is 5.97 Å². The number of rotatable bonds is 5. The van der Waals surface area contributed by atoms with Crippen LogP contribution in [0, 0.1) is 5.92 Å². The van der Waals surface area contributed by atoms with Crippen LogP contribution in [0.5, 0.6) is 0 Å². The van der Waals surface area contributed by atoms with Gasteiger partial charge in [-0.05, 0) is 12.1 Å². The molecule has 0 bridgehead atoms. The van der Waals surface area contributed by atoms with E-state index in [-0.39, 0.29) is 24.2 Å². The van der Waals surface area contributed by atoms with Crippen molar-refractivity contribution in [3.63, 3.8) is 0 Å². The summed E-state index contributed by atoms with van der Waals surface area (Å²) in [5, 5.41) is 4.46. The van der Waals surface area contributed by atoms with Gasteiger partial charge in [0.2, 0.25) is 5.76 Å². The molecular formula is C16H17ClN2O4. The van der Waals surface area contributed by atoms with E-state index in [4.69, 9.17) is 16.1 Å². The number of benzene rings is 1. The van der Waals surface area contributed by atoms with Crippen molar-refractivity contribution in [1.29, 1.82) is 0 Å². The quantitative estimate of drug-likeness (QED) is 0.785. The third-order valence-corrected chi connectivity index (χ3v) is 3.57. The normalized spacial score (nSPS) is 11.8. The van der Waals surface area contributed by atoms with Gasteiger partial charge in [-0.3, -0.25) is 9.59 Å². The predicted octanol–water partition coefficient (Wildman–Crippen LogP) is 2.88. The lowest BCUT2D eigenvalue weighted by Crippen LogP contribution is -2.34. The first kappa shape index (κ1) is 17.0. The Kier molecular flexibility index (Phi) is 5.39. The number of carbonyl (C=O) groups is 2. The van der Waals surface area contributed by atoms with Crippen LogP contribution in [-0.2, 0) is 9.53 Å². The molecule has 0 radical (unpaired) electrons. The first-order valence-electron chi connectivity index (χ1n) is 6.98. The summed E-state index contributed by atoms with van der Waals surface area (Å²) >= 11 is 5.94. The van der Waals surface area contributed by atoms with Crippen molar-refractivity contribution in [2.45, 2.75) is 6.92 Å². The lowest BCUT2D eigenvalue weighted by molar-refractivity contribution is -0.145. The van der Waals surface area contributed by atoms with Gasteiger partial charge in [0.15, 0.2) is 0 Å². The van der Waals surface area contributed by atoms with Crippen molar-refractivity contribution in [1.82, 2.24) is 10.1 Å². The standard InChI is InChI=1S/C16H17ClN2O4/c1-10(16(21)22-3)9-19(2)15(20)14-8-13(18-23-14)11-5-4-6-12(17)7-11/h4-8,10H,9H2,1-3H3/t10-/m1/s1. The molecule has 0 aliphatic carbocycles. The summed E-state index contributed by atoms with van der Waals surface area (Å²) in [6.07, 6.45) is 0. The first-order chi connectivity index (χ1) is 10.9. The predicted molar refractivity (Wildman–Crippen MR) is 85.1 cm³/mol. The molecular weight excluding hydrogens is 320 g/mol. The summed E-state index contributed by atoms with van der Waals surface area (Å²) in [7, 11) is 2.90. The van der Waals surface area contributed by atoms with Gasteiger partial charge in [0.25, 0.3) is 5.91 Å². The van der Waals surface area contributed by atoms with Crippen molar-refractivity contribution >= 4 is 23.5 Å². The van der Waals surface area contributed by atoms with Crippen LogP contribution >= 0.6 is 11.6 Å². The van der Waals surface area contributed by atoms with Gasteiger partial charge in [-0.15, -0.1) is 0 Å². The Morgan fingerprint density at radius 3 is 2.78 bits per heavy atom. The zero-order chi connectivity index (χ0) is 17.0. The highest BCUT2D eigenvalue weighted by Crippen LogP contribution is 2.23. The molecule has 1 atom stereocenters. The fourth-order valence-corrected chi connectivity index (χ4v) is 2.31. The minimum atomic E-state index is -0.427. The highest BCUT2D eigenvalue weighted by molar-refractivity contribution is 6.30. The van der Waals surface area contributed by atoms with Crippen molar-refractivity contribution in [3.8, 4) is 11.3 Å². The maximum absolute atomic E-state index is 12.3. The van der Waals surface area contributed by atoms with E-state index in [1.54, 1.807) is 38.2 Å². The Morgan fingerprint density at radius 2 is 2.13 bits per heavy atom. The number of amides is 1. The van der Waals surface area contributed by atoms with Crippen LogP contribution in [0.1, 0.15) is 17.5 Å². The number of aromatic nitrogens is 1. The van der Waals surface area contributed by atoms with Gasteiger partial charge in [0.05, 0.1) is 13.0 Å². The van der Waals surface area contributed by atoms with E-state index in [1.807, 2.05) is 6.07 Å². The zero-order valence-electron chi connectivity index (χ0n) is 13.1. The minimum absolute atomic E-state index is 0.0968. The molecule has 0 N–H and O–H groups in total. The molecule has 0 spiro atoms. The Hall–Kier alpha value is -2.34. The third kappa shape index (κ3) is 4.10.